The van der Waals surface area contributed by atoms with Crippen LogP contribution in [0.2, 0.25) is 0 Å². The normalized spacial score (nSPS) is 16.8. The number of rotatable bonds is 8. The minimum absolute atomic E-state index is 0.102. The Labute approximate surface area is 153 Å². The lowest BCUT2D eigenvalue weighted by atomic mass is 10.1. The third kappa shape index (κ3) is 4.74. The highest BCUT2D eigenvalue weighted by atomic mass is 16.5. The second-order valence-corrected chi connectivity index (χ2v) is 6.90. The Morgan fingerprint density at radius 3 is 2.65 bits per heavy atom. The second-order valence-electron chi connectivity index (χ2n) is 6.90. The zero-order valence-corrected chi connectivity index (χ0v) is 15.5. The number of anilines is 1. The molecule has 0 radical (unpaired) electrons. The van der Waals surface area contributed by atoms with E-state index >= 15 is 0 Å². The molecule has 7 nitrogen and oxygen atoms in total. The highest BCUT2D eigenvalue weighted by molar-refractivity contribution is 6.01. The summed E-state index contributed by atoms with van der Waals surface area (Å²) in [6.45, 7) is 4.86. The number of ether oxygens (including phenoxy) is 1. The summed E-state index contributed by atoms with van der Waals surface area (Å²) in [5, 5.41) is 8.92. The van der Waals surface area contributed by atoms with E-state index in [9.17, 15) is 14.4 Å². The smallest absolute Gasteiger partial charge is 0.305 e. The average Bonchev–Trinajstić information content (AvgIpc) is 2.99. The molecular weight excluding hydrogens is 336 g/mol. The number of methoxy groups -OCH3 is 1. The number of amides is 2. The first-order valence-electron chi connectivity index (χ1n) is 8.77. The van der Waals surface area contributed by atoms with Gasteiger partial charge in [-0.3, -0.25) is 14.4 Å². The van der Waals surface area contributed by atoms with Crippen molar-refractivity contribution in [2.24, 2.45) is 11.8 Å². The van der Waals surface area contributed by atoms with Gasteiger partial charge in [-0.05, 0) is 18.1 Å². The van der Waals surface area contributed by atoms with Crippen LogP contribution in [0, 0.1) is 11.8 Å². The number of carboxylic acid groups (broad SMARTS) is 1. The molecule has 0 aromatic heterocycles. The van der Waals surface area contributed by atoms with Gasteiger partial charge in [-0.1, -0.05) is 26.0 Å². The second kappa shape index (κ2) is 8.69. The maximum absolute atomic E-state index is 12.9. The van der Waals surface area contributed by atoms with Crippen molar-refractivity contribution in [3.8, 4) is 5.75 Å². The number of aliphatic carboxylic acids is 1. The fourth-order valence-corrected chi connectivity index (χ4v) is 3.18. The van der Waals surface area contributed by atoms with Crippen molar-refractivity contribution in [3.05, 3.63) is 24.3 Å². The Balaban J connectivity index is 2.14. The van der Waals surface area contributed by atoms with Crippen LogP contribution in [0.15, 0.2) is 24.3 Å². The van der Waals surface area contributed by atoms with Gasteiger partial charge >= 0.3 is 5.97 Å². The summed E-state index contributed by atoms with van der Waals surface area (Å²) in [5.74, 6) is -0.903. The van der Waals surface area contributed by atoms with Crippen LogP contribution in [0.5, 0.6) is 5.75 Å². The first kappa shape index (κ1) is 19.8. The van der Waals surface area contributed by atoms with E-state index in [1.54, 1.807) is 21.9 Å². The summed E-state index contributed by atoms with van der Waals surface area (Å²) in [7, 11) is 1.54. The Hall–Kier alpha value is -2.57. The van der Waals surface area contributed by atoms with Crippen LogP contribution in [0.25, 0.3) is 0 Å². The van der Waals surface area contributed by atoms with Gasteiger partial charge in [0.25, 0.3) is 0 Å². The van der Waals surface area contributed by atoms with Crippen LogP contribution in [0.1, 0.15) is 26.7 Å². The first-order valence-corrected chi connectivity index (χ1v) is 8.77. The number of nitrogens with zero attached hydrogens (tertiary/aromatic N) is 2. The summed E-state index contributed by atoms with van der Waals surface area (Å²) < 4.78 is 5.31. The largest absolute Gasteiger partial charge is 0.495 e. The zero-order valence-electron chi connectivity index (χ0n) is 15.5. The van der Waals surface area contributed by atoms with Crippen LogP contribution >= 0.6 is 0 Å². The summed E-state index contributed by atoms with van der Waals surface area (Å²) in [4.78, 5) is 39.4. The minimum Gasteiger partial charge on any atom is -0.495 e. The van der Waals surface area contributed by atoms with Crippen molar-refractivity contribution in [1.29, 1.82) is 0 Å². The van der Waals surface area contributed by atoms with E-state index in [1.165, 1.54) is 7.11 Å². The molecule has 1 N–H and O–H groups in total. The molecular formula is C19H26N2O5. The van der Waals surface area contributed by atoms with Crippen molar-refractivity contribution in [2.75, 3.05) is 31.6 Å². The lowest BCUT2D eigenvalue weighted by Crippen LogP contribution is -2.40. The third-order valence-corrected chi connectivity index (χ3v) is 4.34. The van der Waals surface area contributed by atoms with Crippen LogP contribution in [0.4, 0.5) is 5.69 Å². The fourth-order valence-electron chi connectivity index (χ4n) is 3.18. The standard InChI is InChI=1S/C19H26N2O5/c1-13(2)11-20(9-8-18(23)24)19(25)14-10-17(22)21(12-14)15-6-4-5-7-16(15)26-3/h4-7,13-14H,8-12H2,1-3H3,(H,23,24). The fraction of sp³-hybridized carbons (Fsp3) is 0.526. The maximum atomic E-state index is 12.9. The number of hydrogen-bond acceptors (Lipinski definition) is 4. The van der Waals surface area contributed by atoms with Gasteiger partial charge in [0.05, 0.1) is 25.1 Å². The van der Waals surface area contributed by atoms with E-state index in [-0.39, 0.29) is 43.7 Å². The lowest BCUT2D eigenvalue weighted by molar-refractivity contribution is -0.140. The van der Waals surface area contributed by atoms with E-state index in [0.717, 1.165) is 0 Å². The van der Waals surface area contributed by atoms with E-state index in [1.807, 2.05) is 26.0 Å². The topological polar surface area (TPSA) is 87.2 Å². The molecule has 142 valence electrons. The van der Waals surface area contributed by atoms with Gasteiger partial charge < -0.3 is 19.6 Å². The van der Waals surface area contributed by atoms with E-state index in [4.69, 9.17) is 9.84 Å². The molecule has 0 saturated carbocycles. The highest BCUT2D eigenvalue weighted by Crippen LogP contribution is 2.33. The number of benzene rings is 1. The predicted octanol–water partition coefficient (Wildman–Crippen LogP) is 2.01. The van der Waals surface area contributed by atoms with Gasteiger partial charge in [0, 0.05) is 26.1 Å². The molecule has 1 aliphatic rings. The molecule has 1 aromatic carbocycles. The first-order chi connectivity index (χ1) is 12.3. The SMILES string of the molecule is COc1ccccc1N1CC(C(=O)N(CCC(=O)O)CC(C)C)CC1=O. The molecule has 1 atom stereocenters. The average molecular weight is 362 g/mol. The minimum atomic E-state index is -0.940. The van der Waals surface area contributed by atoms with E-state index in [2.05, 4.69) is 0 Å². The van der Waals surface area contributed by atoms with Gasteiger partial charge in [-0.15, -0.1) is 0 Å². The summed E-state index contributed by atoms with van der Waals surface area (Å²) in [6, 6.07) is 7.20. The van der Waals surface area contributed by atoms with E-state index in [0.29, 0.717) is 18.0 Å². The highest BCUT2D eigenvalue weighted by Gasteiger charge is 2.38. The van der Waals surface area contributed by atoms with Crippen molar-refractivity contribution in [3.63, 3.8) is 0 Å². The Morgan fingerprint density at radius 2 is 2.04 bits per heavy atom. The van der Waals surface area contributed by atoms with Crippen molar-refractivity contribution < 1.29 is 24.2 Å². The lowest BCUT2D eigenvalue weighted by Gasteiger charge is -2.27. The van der Waals surface area contributed by atoms with Crippen LogP contribution in [0.3, 0.4) is 0 Å². The number of para-hydroxylation sites is 2. The molecule has 7 heteroatoms. The van der Waals surface area contributed by atoms with E-state index < -0.39 is 11.9 Å². The Bertz CT molecular complexity index is 674. The molecule has 0 bridgehead atoms. The summed E-state index contributed by atoms with van der Waals surface area (Å²) in [5.41, 5.74) is 0.649. The van der Waals surface area contributed by atoms with Gasteiger partial charge in [0.15, 0.2) is 0 Å². The molecule has 1 saturated heterocycles. The van der Waals surface area contributed by atoms with Gasteiger partial charge in [0.1, 0.15) is 5.75 Å². The van der Waals surface area contributed by atoms with Crippen molar-refractivity contribution >= 4 is 23.5 Å². The van der Waals surface area contributed by atoms with Crippen LogP contribution < -0.4 is 9.64 Å². The molecule has 2 amide bonds. The van der Waals surface area contributed by atoms with Gasteiger partial charge in [-0.2, -0.15) is 0 Å². The molecule has 1 unspecified atom stereocenters. The molecule has 1 aromatic rings. The number of carbonyl (C=O) groups is 3. The molecule has 0 spiro atoms. The van der Waals surface area contributed by atoms with Gasteiger partial charge in [-0.25, -0.2) is 0 Å². The predicted molar refractivity (Wildman–Crippen MR) is 97.1 cm³/mol. The monoisotopic (exact) mass is 362 g/mol. The molecule has 1 heterocycles. The number of hydrogen-bond donors (Lipinski definition) is 1. The number of carboxylic acids is 1. The quantitative estimate of drug-likeness (QED) is 0.764. The maximum Gasteiger partial charge on any atom is 0.305 e. The molecule has 0 aliphatic carbocycles. The third-order valence-electron chi connectivity index (χ3n) is 4.34. The molecule has 1 fully saturated rings. The molecule has 2 rings (SSSR count). The Morgan fingerprint density at radius 1 is 1.35 bits per heavy atom. The summed E-state index contributed by atoms with van der Waals surface area (Å²) in [6.07, 6.45) is 0.0217. The van der Waals surface area contributed by atoms with Gasteiger partial charge in [0.2, 0.25) is 11.8 Å². The molecule has 26 heavy (non-hydrogen) atoms. The summed E-state index contributed by atoms with van der Waals surface area (Å²) >= 11 is 0. The molecule has 1 aliphatic heterocycles. The van der Waals surface area contributed by atoms with Crippen molar-refractivity contribution in [1.82, 2.24) is 4.90 Å². The van der Waals surface area contributed by atoms with Crippen molar-refractivity contribution in [2.45, 2.75) is 26.7 Å². The number of carbonyl (C=O) groups excluding carboxylic acids is 2. The van der Waals surface area contributed by atoms with Crippen LogP contribution in [-0.2, 0) is 14.4 Å². The Kier molecular flexibility index (Phi) is 6.60. The van der Waals surface area contributed by atoms with Crippen LogP contribution in [-0.4, -0.2) is 54.5 Å². The zero-order chi connectivity index (χ0) is 19.3.